The third kappa shape index (κ3) is 8.44. The maximum atomic E-state index is 6.16. The molecular formula is C23H37ClIN5O. The molecule has 1 aromatic heterocycles. The third-order valence-electron chi connectivity index (χ3n) is 5.51. The minimum atomic E-state index is 0. The summed E-state index contributed by atoms with van der Waals surface area (Å²) in [5.74, 6) is 0.914. The van der Waals surface area contributed by atoms with Crippen LogP contribution in [0.4, 0.5) is 0 Å². The van der Waals surface area contributed by atoms with Crippen molar-refractivity contribution < 1.29 is 4.74 Å². The van der Waals surface area contributed by atoms with Gasteiger partial charge >= 0.3 is 0 Å². The fourth-order valence-electron chi connectivity index (χ4n) is 3.88. The van der Waals surface area contributed by atoms with Crippen molar-refractivity contribution in [2.45, 2.75) is 52.2 Å². The summed E-state index contributed by atoms with van der Waals surface area (Å²) in [4.78, 5) is 10.6. The van der Waals surface area contributed by atoms with Gasteiger partial charge in [-0.3, -0.25) is 4.99 Å². The molecule has 1 aliphatic rings. The molecule has 8 heteroatoms. The summed E-state index contributed by atoms with van der Waals surface area (Å²) in [7, 11) is 0. The van der Waals surface area contributed by atoms with Crippen LogP contribution in [0.1, 0.15) is 39.2 Å². The van der Waals surface area contributed by atoms with E-state index in [4.69, 9.17) is 21.3 Å². The molecule has 0 atom stereocenters. The molecule has 3 rings (SSSR count). The summed E-state index contributed by atoms with van der Waals surface area (Å²) >= 11 is 6.16. The van der Waals surface area contributed by atoms with Gasteiger partial charge in [0.15, 0.2) is 5.96 Å². The lowest BCUT2D eigenvalue weighted by Crippen LogP contribution is -2.49. The van der Waals surface area contributed by atoms with E-state index in [9.17, 15) is 0 Å². The number of aromatic amines is 1. The Kier molecular flexibility index (Phi) is 11.4. The van der Waals surface area contributed by atoms with Crippen LogP contribution in [0.2, 0.25) is 5.02 Å². The highest BCUT2D eigenvalue weighted by atomic mass is 127. The summed E-state index contributed by atoms with van der Waals surface area (Å²) in [5, 5.41) is 8.97. The van der Waals surface area contributed by atoms with Crippen molar-refractivity contribution in [1.29, 1.82) is 0 Å². The lowest BCUT2D eigenvalue weighted by Gasteiger charge is -2.33. The maximum Gasteiger partial charge on any atom is 0.191 e. The molecule has 0 radical (unpaired) electrons. The number of nitrogens with one attached hydrogen (secondary N) is 3. The van der Waals surface area contributed by atoms with E-state index in [1.165, 1.54) is 10.9 Å². The molecule has 2 heterocycles. The second-order valence-corrected chi connectivity index (χ2v) is 8.63. The number of piperidine rings is 1. The Morgan fingerprint density at radius 2 is 2.10 bits per heavy atom. The van der Waals surface area contributed by atoms with E-state index in [-0.39, 0.29) is 24.0 Å². The molecule has 6 nitrogen and oxygen atoms in total. The summed E-state index contributed by atoms with van der Waals surface area (Å²) in [6.45, 7) is 11.9. The van der Waals surface area contributed by atoms with Gasteiger partial charge in [-0.2, -0.15) is 0 Å². The molecule has 1 saturated heterocycles. The highest BCUT2D eigenvalue weighted by molar-refractivity contribution is 14.0. The molecular weight excluding hydrogens is 525 g/mol. The lowest BCUT2D eigenvalue weighted by molar-refractivity contribution is 0.0532. The van der Waals surface area contributed by atoms with Gasteiger partial charge in [-0.25, -0.2) is 0 Å². The molecule has 1 aromatic carbocycles. The first-order valence-corrected chi connectivity index (χ1v) is 11.6. The van der Waals surface area contributed by atoms with Crippen molar-refractivity contribution in [2.75, 3.05) is 39.3 Å². The van der Waals surface area contributed by atoms with E-state index in [1.807, 2.05) is 18.2 Å². The Morgan fingerprint density at radius 3 is 2.81 bits per heavy atom. The average Bonchev–Trinajstić information content (AvgIpc) is 3.11. The third-order valence-corrected chi connectivity index (χ3v) is 5.75. The monoisotopic (exact) mass is 561 g/mol. The highest BCUT2D eigenvalue weighted by Crippen LogP contribution is 2.22. The zero-order valence-electron chi connectivity index (χ0n) is 18.9. The molecule has 0 saturated carbocycles. The van der Waals surface area contributed by atoms with Crippen LogP contribution in [0.15, 0.2) is 29.4 Å². The number of aromatic nitrogens is 1. The van der Waals surface area contributed by atoms with E-state index in [0.717, 1.165) is 75.1 Å². The van der Waals surface area contributed by atoms with Crippen LogP contribution in [-0.4, -0.2) is 67.3 Å². The fraction of sp³-hybridized carbons (Fsp3) is 0.609. The Labute approximate surface area is 208 Å². The van der Waals surface area contributed by atoms with Crippen LogP contribution in [-0.2, 0) is 11.2 Å². The summed E-state index contributed by atoms with van der Waals surface area (Å²) in [6, 6.07) is 6.43. The van der Waals surface area contributed by atoms with Gasteiger partial charge in [0.25, 0.3) is 0 Å². The number of ether oxygens (including phenoxy) is 1. The Bertz CT molecular complexity index is 817. The van der Waals surface area contributed by atoms with E-state index in [1.54, 1.807) is 0 Å². The minimum Gasteiger partial charge on any atom is -0.377 e. The number of hydrogen-bond donors (Lipinski definition) is 3. The number of halogens is 2. The first-order chi connectivity index (χ1) is 14.5. The highest BCUT2D eigenvalue weighted by Gasteiger charge is 2.19. The first-order valence-electron chi connectivity index (χ1n) is 11.2. The number of likely N-dealkylation sites (tertiary alicyclic amines) is 1. The van der Waals surface area contributed by atoms with Gasteiger partial charge in [0.05, 0.1) is 12.7 Å². The molecule has 31 heavy (non-hydrogen) atoms. The van der Waals surface area contributed by atoms with Crippen molar-refractivity contribution in [3.63, 3.8) is 0 Å². The van der Waals surface area contributed by atoms with Crippen LogP contribution in [0.25, 0.3) is 10.9 Å². The van der Waals surface area contributed by atoms with Crippen LogP contribution >= 0.6 is 35.6 Å². The van der Waals surface area contributed by atoms with Gasteiger partial charge in [-0.1, -0.05) is 11.6 Å². The molecule has 3 N–H and O–H groups in total. The quantitative estimate of drug-likeness (QED) is 0.241. The average molecular weight is 562 g/mol. The van der Waals surface area contributed by atoms with E-state index in [0.29, 0.717) is 12.1 Å². The van der Waals surface area contributed by atoms with Gasteiger partial charge in [-0.05, 0) is 63.8 Å². The van der Waals surface area contributed by atoms with Crippen LogP contribution in [0.3, 0.4) is 0 Å². The molecule has 174 valence electrons. The van der Waals surface area contributed by atoms with E-state index >= 15 is 0 Å². The largest absolute Gasteiger partial charge is 0.377 e. The van der Waals surface area contributed by atoms with Gasteiger partial charge in [0.1, 0.15) is 0 Å². The second-order valence-electron chi connectivity index (χ2n) is 8.19. The number of hydrogen-bond acceptors (Lipinski definition) is 3. The van der Waals surface area contributed by atoms with E-state index in [2.05, 4.69) is 47.5 Å². The molecule has 2 aromatic rings. The number of guanidine groups is 1. The van der Waals surface area contributed by atoms with Crippen LogP contribution in [0.5, 0.6) is 0 Å². The summed E-state index contributed by atoms with van der Waals surface area (Å²) in [5.41, 5.74) is 2.37. The molecule has 1 aliphatic heterocycles. The molecule has 0 aliphatic carbocycles. The van der Waals surface area contributed by atoms with Crippen molar-refractivity contribution in [1.82, 2.24) is 20.5 Å². The Balaban J connectivity index is 0.00000341. The van der Waals surface area contributed by atoms with Gasteiger partial charge in [-0.15, -0.1) is 24.0 Å². The predicted octanol–water partition coefficient (Wildman–Crippen LogP) is 4.43. The topological polar surface area (TPSA) is 64.7 Å². The zero-order chi connectivity index (χ0) is 21.3. The van der Waals surface area contributed by atoms with Crippen LogP contribution in [0, 0.1) is 0 Å². The number of rotatable bonds is 9. The minimum absolute atomic E-state index is 0. The fourth-order valence-corrected chi connectivity index (χ4v) is 4.05. The van der Waals surface area contributed by atoms with Crippen molar-refractivity contribution in [3.05, 3.63) is 35.0 Å². The second kappa shape index (κ2) is 13.5. The Hall–Kier alpha value is -1.03. The molecule has 0 bridgehead atoms. The molecule has 1 fully saturated rings. The standard InChI is InChI=1S/C23H36ClN5O.HI/c1-4-25-23(28-20-8-11-29(12-9-20)13-14-30-17(2)3)26-10-7-18-16-27-22-6-5-19(24)15-21(18)22;/h5-6,15-17,20,27H,4,7-14H2,1-3H3,(H2,25,26,28);1H. The Morgan fingerprint density at radius 1 is 1.32 bits per heavy atom. The number of fused-ring (bicyclic) bond motifs is 1. The van der Waals surface area contributed by atoms with Crippen molar-refractivity contribution in [3.8, 4) is 0 Å². The first kappa shape index (κ1) is 26.2. The number of nitrogens with zero attached hydrogens (tertiary/aromatic N) is 2. The normalized spacial score (nSPS) is 16.0. The molecule has 0 spiro atoms. The SMILES string of the molecule is CCNC(=NCCc1c[nH]c2ccc(Cl)cc12)NC1CCN(CCOC(C)C)CC1.I. The van der Waals surface area contributed by atoms with E-state index < -0.39 is 0 Å². The number of benzene rings is 1. The maximum absolute atomic E-state index is 6.16. The van der Waals surface area contributed by atoms with Crippen molar-refractivity contribution in [2.24, 2.45) is 4.99 Å². The van der Waals surface area contributed by atoms with Gasteiger partial charge in [0.2, 0.25) is 0 Å². The number of aliphatic imine (C=N–C) groups is 1. The van der Waals surface area contributed by atoms with Gasteiger partial charge < -0.3 is 25.3 Å². The molecule has 0 amide bonds. The summed E-state index contributed by atoms with van der Waals surface area (Å²) < 4.78 is 5.68. The predicted molar refractivity (Wildman–Crippen MR) is 142 cm³/mol. The zero-order valence-corrected chi connectivity index (χ0v) is 22.0. The lowest BCUT2D eigenvalue weighted by atomic mass is 10.1. The molecule has 0 unspecified atom stereocenters. The number of H-pyrrole nitrogens is 1. The van der Waals surface area contributed by atoms with Crippen LogP contribution < -0.4 is 10.6 Å². The van der Waals surface area contributed by atoms with Gasteiger partial charge in [0, 0.05) is 60.9 Å². The van der Waals surface area contributed by atoms with Crippen molar-refractivity contribution >= 4 is 52.4 Å². The summed E-state index contributed by atoms with van der Waals surface area (Å²) in [6.07, 6.45) is 5.52. The smallest absolute Gasteiger partial charge is 0.191 e.